The smallest absolute Gasteiger partial charge is 0.331 e. The second-order valence-corrected chi connectivity index (χ2v) is 6.01. The van der Waals surface area contributed by atoms with Gasteiger partial charge in [0.1, 0.15) is 0 Å². The minimum atomic E-state index is -0.508. The van der Waals surface area contributed by atoms with Gasteiger partial charge in [0.25, 0.3) is 0 Å². The normalized spacial score (nSPS) is 16.0. The SMILES string of the molecule is CC(C)CCCOC(=O)/C=C/C(=O)OCCCN1CCOCC1. The average Bonchev–Trinajstić information content (AvgIpc) is 2.54. The number of esters is 2. The summed E-state index contributed by atoms with van der Waals surface area (Å²) in [5.74, 6) is -0.415. The van der Waals surface area contributed by atoms with Crippen molar-refractivity contribution in [2.75, 3.05) is 46.1 Å². The van der Waals surface area contributed by atoms with Gasteiger partial charge in [-0.2, -0.15) is 0 Å². The van der Waals surface area contributed by atoms with Crippen LogP contribution in [0.4, 0.5) is 0 Å². The number of carbonyl (C=O) groups excluding carboxylic acids is 2. The molecule has 1 heterocycles. The van der Waals surface area contributed by atoms with Gasteiger partial charge in [-0.25, -0.2) is 9.59 Å². The van der Waals surface area contributed by atoms with E-state index in [4.69, 9.17) is 14.2 Å². The van der Waals surface area contributed by atoms with Gasteiger partial charge in [-0.15, -0.1) is 0 Å². The van der Waals surface area contributed by atoms with Gasteiger partial charge in [-0.3, -0.25) is 4.90 Å². The highest BCUT2D eigenvalue weighted by Gasteiger charge is 2.09. The summed E-state index contributed by atoms with van der Waals surface area (Å²) in [6.07, 6.45) is 4.88. The highest BCUT2D eigenvalue weighted by Crippen LogP contribution is 2.03. The number of morpholine rings is 1. The molecule has 1 fully saturated rings. The summed E-state index contributed by atoms with van der Waals surface area (Å²) in [6.45, 7) is 9.25. The standard InChI is InChI=1S/C17H29NO5/c1-15(2)5-3-11-22-16(19)6-7-17(20)23-12-4-8-18-9-13-21-14-10-18/h6-7,15H,3-5,8-14H2,1-2H3/b7-6+. The van der Waals surface area contributed by atoms with Crippen LogP contribution in [0.15, 0.2) is 12.2 Å². The molecule has 0 radical (unpaired) electrons. The lowest BCUT2D eigenvalue weighted by molar-refractivity contribution is -0.140. The number of hydrogen-bond acceptors (Lipinski definition) is 6. The summed E-state index contributed by atoms with van der Waals surface area (Å²) in [6, 6.07) is 0. The minimum Gasteiger partial charge on any atom is -0.463 e. The molecule has 0 aromatic rings. The summed E-state index contributed by atoms with van der Waals surface area (Å²) in [5, 5.41) is 0. The highest BCUT2D eigenvalue weighted by molar-refractivity contribution is 5.91. The van der Waals surface area contributed by atoms with Crippen LogP contribution in [0.25, 0.3) is 0 Å². The molecule has 23 heavy (non-hydrogen) atoms. The van der Waals surface area contributed by atoms with Crippen molar-refractivity contribution in [2.45, 2.75) is 33.1 Å². The minimum absolute atomic E-state index is 0.351. The van der Waals surface area contributed by atoms with Gasteiger partial charge in [-0.05, 0) is 25.2 Å². The maximum Gasteiger partial charge on any atom is 0.331 e. The van der Waals surface area contributed by atoms with E-state index < -0.39 is 11.9 Å². The number of rotatable bonds is 10. The molecule has 0 N–H and O–H groups in total. The molecular weight excluding hydrogens is 298 g/mol. The third-order valence-corrected chi connectivity index (χ3v) is 3.49. The van der Waals surface area contributed by atoms with E-state index in [0.717, 1.165) is 64.3 Å². The molecule has 1 saturated heterocycles. The van der Waals surface area contributed by atoms with Crippen molar-refractivity contribution in [1.82, 2.24) is 4.90 Å². The van der Waals surface area contributed by atoms with E-state index >= 15 is 0 Å². The number of hydrogen-bond donors (Lipinski definition) is 0. The fourth-order valence-electron chi connectivity index (χ4n) is 2.18. The molecule has 0 unspecified atom stereocenters. The third kappa shape index (κ3) is 10.9. The Balaban J connectivity index is 2.02. The first kappa shape index (κ1) is 19.6. The first-order chi connectivity index (χ1) is 11.1. The molecule has 0 spiro atoms. The number of nitrogens with zero attached hydrogens (tertiary/aromatic N) is 1. The van der Waals surface area contributed by atoms with E-state index in [2.05, 4.69) is 18.7 Å². The molecule has 0 aliphatic carbocycles. The van der Waals surface area contributed by atoms with Crippen molar-refractivity contribution < 1.29 is 23.8 Å². The molecule has 0 atom stereocenters. The lowest BCUT2D eigenvalue weighted by atomic mass is 10.1. The van der Waals surface area contributed by atoms with Gasteiger partial charge >= 0.3 is 11.9 Å². The van der Waals surface area contributed by atoms with E-state index in [1.807, 2.05) is 0 Å². The van der Waals surface area contributed by atoms with Crippen LogP contribution < -0.4 is 0 Å². The summed E-state index contributed by atoms with van der Waals surface area (Å²) < 4.78 is 15.3. The molecule has 1 rings (SSSR count). The Morgan fingerprint density at radius 2 is 1.61 bits per heavy atom. The summed E-state index contributed by atoms with van der Waals surface area (Å²) in [7, 11) is 0. The summed E-state index contributed by atoms with van der Waals surface area (Å²) in [5.41, 5.74) is 0. The largest absolute Gasteiger partial charge is 0.463 e. The Morgan fingerprint density at radius 3 is 2.17 bits per heavy atom. The van der Waals surface area contributed by atoms with Gasteiger partial charge in [0.05, 0.1) is 26.4 Å². The highest BCUT2D eigenvalue weighted by atomic mass is 16.5. The molecule has 0 saturated carbocycles. The van der Waals surface area contributed by atoms with Gasteiger partial charge < -0.3 is 14.2 Å². The zero-order chi connectivity index (χ0) is 16.9. The predicted molar refractivity (Wildman–Crippen MR) is 87.0 cm³/mol. The average molecular weight is 327 g/mol. The quantitative estimate of drug-likeness (QED) is 0.346. The first-order valence-corrected chi connectivity index (χ1v) is 8.39. The number of ether oxygens (including phenoxy) is 3. The van der Waals surface area contributed by atoms with E-state index in [0.29, 0.717) is 19.1 Å². The molecule has 1 aliphatic rings. The van der Waals surface area contributed by atoms with Crippen molar-refractivity contribution in [2.24, 2.45) is 5.92 Å². The molecule has 6 nitrogen and oxygen atoms in total. The molecule has 1 aliphatic heterocycles. The predicted octanol–water partition coefficient (Wildman–Crippen LogP) is 1.79. The van der Waals surface area contributed by atoms with Crippen LogP contribution in [-0.2, 0) is 23.8 Å². The molecule has 0 amide bonds. The second-order valence-electron chi connectivity index (χ2n) is 6.01. The summed E-state index contributed by atoms with van der Waals surface area (Å²) >= 11 is 0. The van der Waals surface area contributed by atoms with E-state index in [1.165, 1.54) is 0 Å². The third-order valence-electron chi connectivity index (χ3n) is 3.49. The Labute approximate surface area is 138 Å². The topological polar surface area (TPSA) is 65.1 Å². The van der Waals surface area contributed by atoms with Crippen LogP contribution in [-0.4, -0.2) is 62.9 Å². The zero-order valence-corrected chi connectivity index (χ0v) is 14.3. The lowest BCUT2D eigenvalue weighted by Crippen LogP contribution is -2.37. The monoisotopic (exact) mass is 327 g/mol. The van der Waals surface area contributed by atoms with Crippen LogP contribution in [0.2, 0.25) is 0 Å². The Kier molecular flexibility index (Phi) is 10.3. The Morgan fingerprint density at radius 1 is 1.04 bits per heavy atom. The maximum absolute atomic E-state index is 11.5. The van der Waals surface area contributed by atoms with Gasteiger partial charge in [0.15, 0.2) is 0 Å². The maximum atomic E-state index is 11.5. The number of carbonyl (C=O) groups is 2. The fraction of sp³-hybridized carbons (Fsp3) is 0.765. The molecular formula is C17H29NO5. The lowest BCUT2D eigenvalue weighted by Gasteiger charge is -2.26. The van der Waals surface area contributed by atoms with Gasteiger partial charge in [0, 0.05) is 31.8 Å². The van der Waals surface area contributed by atoms with E-state index in [1.54, 1.807) is 0 Å². The van der Waals surface area contributed by atoms with Crippen molar-refractivity contribution in [3.63, 3.8) is 0 Å². The molecule has 0 bridgehead atoms. The molecule has 0 aromatic carbocycles. The van der Waals surface area contributed by atoms with Crippen LogP contribution in [0, 0.1) is 5.92 Å². The fourth-order valence-corrected chi connectivity index (χ4v) is 2.18. The second kappa shape index (κ2) is 12.1. The first-order valence-electron chi connectivity index (χ1n) is 8.39. The van der Waals surface area contributed by atoms with Gasteiger partial charge in [-0.1, -0.05) is 13.8 Å². The Hall–Kier alpha value is -1.40. The van der Waals surface area contributed by atoms with Crippen LogP contribution in [0.1, 0.15) is 33.1 Å². The van der Waals surface area contributed by atoms with Crippen molar-refractivity contribution >= 4 is 11.9 Å². The molecule has 0 aromatic heterocycles. The molecule has 132 valence electrons. The van der Waals surface area contributed by atoms with Crippen LogP contribution in [0.3, 0.4) is 0 Å². The molecule has 6 heteroatoms. The zero-order valence-electron chi connectivity index (χ0n) is 14.3. The Bertz CT molecular complexity index is 375. The van der Waals surface area contributed by atoms with Crippen molar-refractivity contribution in [1.29, 1.82) is 0 Å². The van der Waals surface area contributed by atoms with E-state index in [-0.39, 0.29) is 0 Å². The van der Waals surface area contributed by atoms with Crippen LogP contribution in [0.5, 0.6) is 0 Å². The van der Waals surface area contributed by atoms with Crippen LogP contribution >= 0.6 is 0 Å². The van der Waals surface area contributed by atoms with Crippen molar-refractivity contribution in [3.05, 3.63) is 12.2 Å². The van der Waals surface area contributed by atoms with E-state index in [9.17, 15) is 9.59 Å². The van der Waals surface area contributed by atoms with Crippen molar-refractivity contribution in [3.8, 4) is 0 Å². The van der Waals surface area contributed by atoms with Gasteiger partial charge in [0.2, 0.25) is 0 Å². The summed E-state index contributed by atoms with van der Waals surface area (Å²) in [4.78, 5) is 25.1.